The highest BCUT2D eigenvalue weighted by Gasteiger charge is 2.65. The van der Waals surface area contributed by atoms with Crippen molar-refractivity contribution in [1.29, 1.82) is 0 Å². The quantitative estimate of drug-likeness (QED) is 0.647. The number of carbonyl (C=O) groups excluding carboxylic acids is 1. The number of rotatable bonds is 1. The third kappa shape index (κ3) is 1.28. The van der Waals surface area contributed by atoms with E-state index in [0.717, 1.165) is 27.8 Å². The molecule has 1 N–H and O–H groups in total. The monoisotopic (exact) mass is 294 g/mol. The van der Waals surface area contributed by atoms with E-state index >= 15 is 0 Å². The van der Waals surface area contributed by atoms with Crippen LogP contribution in [0.3, 0.4) is 0 Å². The lowest BCUT2D eigenvalue weighted by Crippen LogP contribution is -2.48. The number of ether oxygens (including phenoxy) is 2. The molecule has 4 unspecified atom stereocenters. The van der Waals surface area contributed by atoms with E-state index in [4.69, 9.17) is 9.47 Å². The predicted molar refractivity (Wildman–Crippen MR) is 78.0 cm³/mol. The molecule has 5 rings (SSSR count). The maximum absolute atomic E-state index is 11.6. The molecule has 0 amide bonds. The van der Waals surface area contributed by atoms with Crippen molar-refractivity contribution in [2.45, 2.75) is 30.8 Å². The predicted octanol–water partition coefficient (Wildman–Crippen LogP) is 2.29. The van der Waals surface area contributed by atoms with Gasteiger partial charge in [0.1, 0.15) is 12.2 Å². The Balaban J connectivity index is 1.84. The molecule has 2 aromatic carbocycles. The van der Waals surface area contributed by atoms with E-state index in [1.807, 2.05) is 42.5 Å². The Bertz CT molecular complexity index is 828. The number of carbonyl (C=O) groups is 1. The fourth-order valence-corrected chi connectivity index (χ4v) is 4.11. The standard InChI is InChI=1S/C18H14O4/c1-9(19)21-17-16-15(22-16)12-7-4-6-11-10-5-2-3-8-13(10)18(17,20)14(11)12/h2-8,15-17,20H,1H3. The molecule has 1 saturated heterocycles. The first kappa shape index (κ1) is 12.4. The normalized spacial score (nSPS) is 32.7. The van der Waals surface area contributed by atoms with Crippen LogP contribution in [0.25, 0.3) is 11.1 Å². The van der Waals surface area contributed by atoms with Crippen LogP contribution in [-0.2, 0) is 19.9 Å². The number of hydrogen-bond acceptors (Lipinski definition) is 4. The molecule has 2 aromatic rings. The fourth-order valence-electron chi connectivity index (χ4n) is 4.11. The molecule has 0 aromatic heterocycles. The molecular weight excluding hydrogens is 280 g/mol. The Morgan fingerprint density at radius 3 is 2.77 bits per heavy atom. The van der Waals surface area contributed by atoms with Gasteiger partial charge in [0.15, 0.2) is 11.7 Å². The Morgan fingerprint density at radius 2 is 1.95 bits per heavy atom. The third-order valence-electron chi connectivity index (χ3n) is 4.94. The fraction of sp³-hybridized carbons (Fsp3) is 0.278. The van der Waals surface area contributed by atoms with Crippen LogP contribution < -0.4 is 0 Å². The van der Waals surface area contributed by atoms with E-state index in [0.29, 0.717) is 0 Å². The van der Waals surface area contributed by atoms with Crippen LogP contribution in [0.1, 0.15) is 29.7 Å². The Morgan fingerprint density at radius 1 is 1.18 bits per heavy atom. The molecule has 1 aliphatic heterocycles. The minimum Gasteiger partial charge on any atom is -0.456 e. The van der Waals surface area contributed by atoms with Crippen molar-refractivity contribution >= 4 is 5.97 Å². The van der Waals surface area contributed by atoms with Gasteiger partial charge < -0.3 is 14.6 Å². The van der Waals surface area contributed by atoms with Gasteiger partial charge in [0.05, 0.1) is 0 Å². The molecule has 3 aliphatic rings. The summed E-state index contributed by atoms with van der Waals surface area (Å²) in [6.07, 6.45) is -1.07. The van der Waals surface area contributed by atoms with Crippen molar-refractivity contribution in [3.05, 3.63) is 59.2 Å². The highest BCUT2D eigenvalue weighted by atomic mass is 16.6. The van der Waals surface area contributed by atoms with Gasteiger partial charge in [0.2, 0.25) is 0 Å². The number of aliphatic hydroxyl groups is 1. The third-order valence-corrected chi connectivity index (χ3v) is 4.94. The summed E-state index contributed by atoms with van der Waals surface area (Å²) >= 11 is 0. The lowest BCUT2D eigenvalue weighted by atomic mass is 9.76. The molecule has 4 atom stereocenters. The molecule has 0 saturated carbocycles. The average Bonchev–Trinajstić information content (AvgIpc) is 3.26. The number of esters is 1. The Labute approximate surface area is 127 Å². The maximum atomic E-state index is 11.6. The van der Waals surface area contributed by atoms with Crippen molar-refractivity contribution < 1.29 is 19.4 Å². The summed E-state index contributed by atoms with van der Waals surface area (Å²) in [5, 5.41) is 11.6. The van der Waals surface area contributed by atoms with Gasteiger partial charge in [-0.15, -0.1) is 0 Å². The van der Waals surface area contributed by atoms with E-state index in [-0.39, 0.29) is 12.2 Å². The molecule has 110 valence electrons. The molecule has 1 heterocycles. The summed E-state index contributed by atoms with van der Waals surface area (Å²) < 4.78 is 11.2. The van der Waals surface area contributed by atoms with Crippen molar-refractivity contribution in [2.75, 3.05) is 0 Å². The lowest BCUT2D eigenvalue weighted by molar-refractivity contribution is -0.162. The highest BCUT2D eigenvalue weighted by molar-refractivity contribution is 5.83. The van der Waals surface area contributed by atoms with Gasteiger partial charge in [0.25, 0.3) is 0 Å². The molecule has 0 spiro atoms. The average molecular weight is 294 g/mol. The second-order valence-corrected chi connectivity index (χ2v) is 6.13. The molecule has 4 heteroatoms. The van der Waals surface area contributed by atoms with Gasteiger partial charge in [-0.2, -0.15) is 0 Å². The summed E-state index contributed by atoms with van der Waals surface area (Å²) in [5.41, 5.74) is 3.30. The maximum Gasteiger partial charge on any atom is 0.303 e. The van der Waals surface area contributed by atoms with Crippen LogP contribution in [0.4, 0.5) is 0 Å². The summed E-state index contributed by atoms with van der Waals surface area (Å²) in [6.45, 7) is 1.36. The van der Waals surface area contributed by atoms with E-state index in [1.54, 1.807) is 0 Å². The lowest BCUT2D eigenvalue weighted by Gasteiger charge is -2.36. The first-order valence-electron chi connectivity index (χ1n) is 7.40. The van der Waals surface area contributed by atoms with E-state index in [1.165, 1.54) is 6.92 Å². The first-order chi connectivity index (χ1) is 10.6. The van der Waals surface area contributed by atoms with E-state index in [9.17, 15) is 9.90 Å². The van der Waals surface area contributed by atoms with Crippen molar-refractivity contribution in [3.63, 3.8) is 0 Å². The van der Waals surface area contributed by atoms with Crippen LogP contribution in [-0.4, -0.2) is 23.3 Å². The number of epoxide rings is 1. The highest BCUT2D eigenvalue weighted by Crippen LogP contribution is 2.62. The second-order valence-electron chi connectivity index (χ2n) is 6.13. The Kier molecular flexibility index (Phi) is 2.12. The molecule has 22 heavy (non-hydrogen) atoms. The van der Waals surface area contributed by atoms with E-state index in [2.05, 4.69) is 0 Å². The number of fused-ring (bicyclic) bond motifs is 5. The van der Waals surface area contributed by atoms with Crippen LogP contribution in [0.5, 0.6) is 0 Å². The minimum absolute atomic E-state index is 0.0890. The molecule has 2 aliphatic carbocycles. The van der Waals surface area contributed by atoms with Crippen molar-refractivity contribution in [3.8, 4) is 11.1 Å². The number of benzene rings is 2. The van der Waals surface area contributed by atoms with Gasteiger partial charge in [-0.3, -0.25) is 4.79 Å². The van der Waals surface area contributed by atoms with Crippen LogP contribution >= 0.6 is 0 Å². The first-order valence-corrected chi connectivity index (χ1v) is 7.40. The molecular formula is C18H14O4. The SMILES string of the molecule is CC(=O)OC1C2OC2c2cccc3c2C1(O)c1ccccc1-3. The van der Waals surface area contributed by atoms with Gasteiger partial charge in [0, 0.05) is 12.5 Å². The van der Waals surface area contributed by atoms with Crippen LogP contribution in [0.2, 0.25) is 0 Å². The zero-order valence-corrected chi connectivity index (χ0v) is 11.9. The van der Waals surface area contributed by atoms with Gasteiger partial charge in [-0.1, -0.05) is 42.5 Å². The summed E-state index contributed by atoms with van der Waals surface area (Å²) in [6, 6.07) is 13.7. The summed E-state index contributed by atoms with van der Waals surface area (Å²) in [5.74, 6) is -0.405. The molecule has 1 fully saturated rings. The van der Waals surface area contributed by atoms with Gasteiger partial charge in [-0.25, -0.2) is 0 Å². The van der Waals surface area contributed by atoms with Crippen molar-refractivity contribution in [2.24, 2.45) is 0 Å². The molecule has 4 nitrogen and oxygen atoms in total. The Hall–Kier alpha value is -2.17. The van der Waals surface area contributed by atoms with Crippen molar-refractivity contribution in [1.82, 2.24) is 0 Å². The van der Waals surface area contributed by atoms with Crippen LogP contribution in [0, 0.1) is 0 Å². The second kappa shape index (κ2) is 3.77. The minimum atomic E-state index is -1.33. The van der Waals surface area contributed by atoms with Gasteiger partial charge >= 0.3 is 5.97 Å². The summed E-state index contributed by atoms with van der Waals surface area (Å²) in [4.78, 5) is 11.5. The smallest absolute Gasteiger partial charge is 0.303 e. The van der Waals surface area contributed by atoms with Crippen LogP contribution in [0.15, 0.2) is 42.5 Å². The largest absolute Gasteiger partial charge is 0.456 e. The van der Waals surface area contributed by atoms with Gasteiger partial charge in [-0.05, 0) is 22.3 Å². The number of hydrogen-bond donors (Lipinski definition) is 1. The summed E-state index contributed by atoms with van der Waals surface area (Å²) in [7, 11) is 0. The van der Waals surface area contributed by atoms with E-state index < -0.39 is 17.7 Å². The molecule has 0 radical (unpaired) electrons. The molecule has 0 bridgehead atoms. The zero-order valence-electron chi connectivity index (χ0n) is 11.9. The topological polar surface area (TPSA) is 59.1 Å². The zero-order chi connectivity index (χ0) is 15.1.